The van der Waals surface area contributed by atoms with E-state index in [0.29, 0.717) is 0 Å². The summed E-state index contributed by atoms with van der Waals surface area (Å²) in [7, 11) is 0. The third-order valence-electron chi connectivity index (χ3n) is 1.57. The predicted octanol–water partition coefficient (Wildman–Crippen LogP) is 2.17. The number of nitrogens with zero attached hydrogens (tertiary/aromatic N) is 2. The molecular weight excluding hydrogens is 168 g/mol. The average molecular weight is 176 g/mol. The standard InChI is InChI=1S/C9H8N2S/c1-2-4-9(5-3-1)6-11-8-12-7-10-11/h1-5,7H,6H2. The summed E-state index contributed by atoms with van der Waals surface area (Å²) in [6, 6.07) is 10.2. The van der Waals surface area contributed by atoms with E-state index < -0.39 is 0 Å². The molecule has 2 nitrogen and oxygen atoms in total. The van der Waals surface area contributed by atoms with Crippen molar-refractivity contribution in [2.45, 2.75) is 6.54 Å². The third kappa shape index (κ3) is 1.80. The van der Waals surface area contributed by atoms with E-state index in [0.717, 1.165) is 6.54 Å². The van der Waals surface area contributed by atoms with Gasteiger partial charge in [-0.2, -0.15) is 5.10 Å². The molecule has 0 fully saturated rings. The zero-order chi connectivity index (χ0) is 8.23. The van der Waals surface area contributed by atoms with Gasteiger partial charge in [0.15, 0.2) is 5.88 Å². The monoisotopic (exact) mass is 176 g/mol. The van der Waals surface area contributed by atoms with Crippen LogP contribution in [0.4, 0.5) is 0 Å². The van der Waals surface area contributed by atoms with Gasteiger partial charge in [-0.05, 0) is 5.56 Å². The maximum Gasteiger partial charge on any atom is 0.184 e. The lowest BCUT2D eigenvalue weighted by atomic mass is 10.2. The second-order valence-corrected chi connectivity index (χ2v) is 3.10. The van der Waals surface area contributed by atoms with Crippen LogP contribution in [0.5, 0.6) is 0 Å². The lowest BCUT2D eigenvalue weighted by Crippen LogP contribution is -2.07. The Bertz CT molecular complexity index is 271. The number of benzene rings is 1. The van der Waals surface area contributed by atoms with Crippen LogP contribution < -0.4 is 0 Å². The molecule has 0 amide bonds. The fourth-order valence-corrected chi connectivity index (χ4v) is 1.46. The molecule has 2 radical (unpaired) electrons. The van der Waals surface area contributed by atoms with Crippen LogP contribution in [-0.4, -0.2) is 10.6 Å². The first-order chi connectivity index (χ1) is 5.95. The Morgan fingerprint density at radius 1 is 1.33 bits per heavy atom. The van der Waals surface area contributed by atoms with Gasteiger partial charge in [0, 0.05) is 0 Å². The number of hydrogen-bond acceptors (Lipinski definition) is 3. The van der Waals surface area contributed by atoms with E-state index in [2.05, 4.69) is 23.1 Å². The van der Waals surface area contributed by atoms with Crippen LogP contribution in [0.15, 0.2) is 35.4 Å². The molecular formula is C9H8N2S. The molecule has 0 N–H and O–H groups in total. The molecule has 0 bridgehead atoms. The zero-order valence-electron chi connectivity index (χ0n) is 6.47. The van der Waals surface area contributed by atoms with Gasteiger partial charge in [-0.1, -0.05) is 42.1 Å². The van der Waals surface area contributed by atoms with Crippen LogP contribution in [0.2, 0.25) is 0 Å². The molecule has 1 heterocycles. The smallest absolute Gasteiger partial charge is 0.184 e. The summed E-state index contributed by atoms with van der Waals surface area (Å²) in [5.74, 6) is 3.03. The van der Waals surface area contributed by atoms with E-state index in [-0.39, 0.29) is 0 Å². The molecule has 0 atom stereocenters. The van der Waals surface area contributed by atoms with Crippen LogP contribution in [0.3, 0.4) is 0 Å². The van der Waals surface area contributed by atoms with E-state index >= 15 is 0 Å². The average Bonchev–Trinajstić information content (AvgIpc) is 2.59. The Balaban J connectivity index is 1.99. The number of hydrogen-bond donors (Lipinski definition) is 0. The second-order valence-electron chi connectivity index (χ2n) is 2.47. The Morgan fingerprint density at radius 2 is 2.17 bits per heavy atom. The molecule has 0 aliphatic carbocycles. The summed E-state index contributed by atoms with van der Waals surface area (Å²) >= 11 is 1.49. The maximum absolute atomic E-state index is 4.09. The summed E-state index contributed by atoms with van der Waals surface area (Å²) in [6.45, 7) is 0.810. The van der Waals surface area contributed by atoms with Crippen molar-refractivity contribution in [3.63, 3.8) is 0 Å². The minimum Gasteiger partial charge on any atom is -0.269 e. The molecule has 12 heavy (non-hydrogen) atoms. The molecule has 2 rings (SSSR count). The van der Waals surface area contributed by atoms with Crippen LogP contribution in [0.1, 0.15) is 5.56 Å². The Kier molecular flexibility index (Phi) is 2.32. The van der Waals surface area contributed by atoms with Crippen molar-refractivity contribution >= 4 is 17.3 Å². The first-order valence-electron chi connectivity index (χ1n) is 3.70. The van der Waals surface area contributed by atoms with Gasteiger partial charge < -0.3 is 0 Å². The highest BCUT2D eigenvalue weighted by molar-refractivity contribution is 8.14. The minimum absolute atomic E-state index is 0.810. The quantitative estimate of drug-likeness (QED) is 0.686. The first-order valence-corrected chi connectivity index (χ1v) is 4.58. The SMILES string of the molecule is [C]1SC=NN1Cc1ccccc1. The van der Waals surface area contributed by atoms with E-state index in [1.165, 1.54) is 17.3 Å². The highest BCUT2D eigenvalue weighted by Crippen LogP contribution is 2.17. The highest BCUT2D eigenvalue weighted by atomic mass is 32.2. The van der Waals surface area contributed by atoms with Crippen LogP contribution in [-0.2, 0) is 6.54 Å². The van der Waals surface area contributed by atoms with Gasteiger partial charge in [0.1, 0.15) is 0 Å². The van der Waals surface area contributed by atoms with Crippen molar-refractivity contribution in [2.75, 3.05) is 0 Å². The molecule has 0 spiro atoms. The predicted molar refractivity (Wildman–Crippen MR) is 51.3 cm³/mol. The molecule has 1 aliphatic heterocycles. The zero-order valence-corrected chi connectivity index (χ0v) is 7.29. The Morgan fingerprint density at radius 3 is 2.83 bits per heavy atom. The molecule has 0 aromatic heterocycles. The van der Waals surface area contributed by atoms with Crippen molar-refractivity contribution in [2.24, 2.45) is 5.10 Å². The molecule has 1 aliphatic rings. The largest absolute Gasteiger partial charge is 0.269 e. The van der Waals surface area contributed by atoms with Gasteiger partial charge in [-0.15, -0.1) is 0 Å². The lowest BCUT2D eigenvalue weighted by Gasteiger charge is -2.10. The van der Waals surface area contributed by atoms with Gasteiger partial charge in [0.2, 0.25) is 0 Å². The van der Waals surface area contributed by atoms with Crippen molar-refractivity contribution in [1.82, 2.24) is 5.01 Å². The lowest BCUT2D eigenvalue weighted by molar-refractivity contribution is 0.384. The van der Waals surface area contributed by atoms with Crippen molar-refractivity contribution in [3.05, 3.63) is 41.8 Å². The third-order valence-corrected chi connectivity index (χ3v) is 2.09. The van der Waals surface area contributed by atoms with Gasteiger partial charge in [0.25, 0.3) is 0 Å². The molecule has 60 valence electrons. The topological polar surface area (TPSA) is 15.6 Å². The van der Waals surface area contributed by atoms with Crippen LogP contribution >= 0.6 is 11.8 Å². The molecule has 1 aromatic rings. The highest BCUT2D eigenvalue weighted by Gasteiger charge is 2.07. The summed E-state index contributed by atoms with van der Waals surface area (Å²) in [4.78, 5) is 0. The Hall–Kier alpha value is -0.960. The summed E-state index contributed by atoms with van der Waals surface area (Å²) < 4.78 is 0. The van der Waals surface area contributed by atoms with Crippen LogP contribution in [0.25, 0.3) is 0 Å². The molecule has 0 saturated heterocycles. The van der Waals surface area contributed by atoms with E-state index in [4.69, 9.17) is 0 Å². The van der Waals surface area contributed by atoms with Gasteiger partial charge in [0.05, 0.1) is 12.1 Å². The summed E-state index contributed by atoms with van der Waals surface area (Å²) in [6.07, 6.45) is 0. The van der Waals surface area contributed by atoms with E-state index in [1.807, 2.05) is 18.2 Å². The number of rotatable bonds is 2. The van der Waals surface area contributed by atoms with E-state index in [1.54, 1.807) is 10.6 Å². The van der Waals surface area contributed by atoms with Crippen molar-refractivity contribution in [1.29, 1.82) is 0 Å². The van der Waals surface area contributed by atoms with Gasteiger partial charge in [-0.3, -0.25) is 5.01 Å². The summed E-state index contributed by atoms with van der Waals surface area (Å²) in [5, 5.41) is 5.90. The fraction of sp³-hybridized carbons (Fsp3) is 0.111. The molecule has 0 unspecified atom stereocenters. The fourth-order valence-electron chi connectivity index (χ4n) is 1.02. The normalized spacial score (nSPS) is 15.5. The van der Waals surface area contributed by atoms with Gasteiger partial charge >= 0.3 is 0 Å². The number of thioether (sulfide) groups is 1. The van der Waals surface area contributed by atoms with Crippen LogP contribution in [0, 0.1) is 5.88 Å². The molecule has 3 heteroatoms. The van der Waals surface area contributed by atoms with Crippen molar-refractivity contribution in [3.8, 4) is 0 Å². The Labute approximate surface area is 76.3 Å². The minimum atomic E-state index is 0.810. The maximum atomic E-state index is 4.09. The van der Waals surface area contributed by atoms with Crippen molar-refractivity contribution < 1.29 is 0 Å². The van der Waals surface area contributed by atoms with E-state index in [9.17, 15) is 0 Å². The number of hydrazone groups is 1. The summed E-state index contributed by atoms with van der Waals surface area (Å²) in [5.41, 5.74) is 3.04. The molecule has 1 aromatic carbocycles. The van der Waals surface area contributed by atoms with Gasteiger partial charge in [-0.25, -0.2) is 0 Å². The second kappa shape index (κ2) is 3.63. The first kappa shape index (κ1) is 7.68. The molecule has 0 saturated carbocycles.